The van der Waals surface area contributed by atoms with Gasteiger partial charge in [-0.15, -0.1) is 0 Å². The van der Waals surface area contributed by atoms with E-state index < -0.39 is 0 Å². The molecule has 0 spiro atoms. The molecule has 0 aliphatic heterocycles. The minimum atomic E-state index is -0.378. The summed E-state index contributed by atoms with van der Waals surface area (Å²) in [7, 11) is 0. The summed E-state index contributed by atoms with van der Waals surface area (Å²) in [5.41, 5.74) is 2.47. The molecule has 0 fully saturated rings. The van der Waals surface area contributed by atoms with E-state index in [0.717, 1.165) is 10.0 Å². The maximum absolute atomic E-state index is 10.9. The van der Waals surface area contributed by atoms with Crippen LogP contribution in [0.15, 0.2) is 40.9 Å². The molecule has 0 aromatic heterocycles. The highest BCUT2D eigenvalue weighted by Crippen LogP contribution is 2.25. The fourth-order valence-corrected chi connectivity index (χ4v) is 2.22. The summed E-state index contributed by atoms with van der Waals surface area (Å²) in [6, 6.07) is 10.7. The highest BCUT2D eigenvalue weighted by Gasteiger charge is 2.10. The molecule has 2 aromatic carbocycles. The molecule has 4 nitrogen and oxygen atoms in total. The fourth-order valence-electron chi connectivity index (χ4n) is 1.77. The van der Waals surface area contributed by atoms with Crippen LogP contribution in [0.5, 0.6) is 0 Å². The summed E-state index contributed by atoms with van der Waals surface area (Å²) >= 11 is 9.35. The van der Waals surface area contributed by atoms with Gasteiger partial charge in [0, 0.05) is 28.3 Å². The van der Waals surface area contributed by atoms with Crippen molar-refractivity contribution in [2.45, 2.75) is 13.5 Å². The molecule has 0 saturated heterocycles. The Labute approximate surface area is 130 Å². The second kappa shape index (κ2) is 6.24. The van der Waals surface area contributed by atoms with Gasteiger partial charge in [-0.1, -0.05) is 23.7 Å². The number of nitrogens with zero attached hydrogens (tertiary/aromatic N) is 1. The molecule has 0 radical (unpaired) electrons. The lowest BCUT2D eigenvalue weighted by atomic mass is 10.1. The zero-order chi connectivity index (χ0) is 14.7. The lowest BCUT2D eigenvalue weighted by Gasteiger charge is -2.08. The topological polar surface area (TPSA) is 55.2 Å². The van der Waals surface area contributed by atoms with E-state index >= 15 is 0 Å². The number of anilines is 1. The SMILES string of the molecule is Cc1ccc(NCc2ccc(Br)c(Cl)c2)cc1[N+](=O)[O-]. The van der Waals surface area contributed by atoms with Gasteiger partial charge in [-0.3, -0.25) is 10.1 Å². The largest absolute Gasteiger partial charge is 0.381 e. The highest BCUT2D eigenvalue weighted by molar-refractivity contribution is 9.10. The number of benzene rings is 2. The average molecular weight is 356 g/mol. The smallest absolute Gasteiger partial charge is 0.274 e. The molecule has 0 aliphatic carbocycles. The Bertz CT molecular complexity index is 662. The number of halogens is 2. The van der Waals surface area contributed by atoms with Crippen molar-refractivity contribution in [1.82, 2.24) is 0 Å². The lowest BCUT2D eigenvalue weighted by Crippen LogP contribution is -2.01. The minimum Gasteiger partial charge on any atom is -0.381 e. The van der Waals surface area contributed by atoms with E-state index in [0.29, 0.717) is 22.8 Å². The van der Waals surface area contributed by atoms with Crippen LogP contribution in [0, 0.1) is 17.0 Å². The first-order valence-corrected chi connectivity index (χ1v) is 7.07. The molecule has 0 bridgehead atoms. The third kappa shape index (κ3) is 3.49. The second-order valence-corrected chi connectivity index (χ2v) is 5.62. The molecule has 1 N–H and O–H groups in total. The predicted octanol–water partition coefficient (Wildman–Crippen LogP) is 4.93. The first kappa shape index (κ1) is 14.8. The molecular weight excluding hydrogens is 344 g/mol. The molecule has 0 aliphatic rings. The summed E-state index contributed by atoms with van der Waals surface area (Å²) in [5, 5.41) is 14.7. The number of rotatable bonds is 4. The molecule has 0 amide bonds. The van der Waals surface area contributed by atoms with Crippen LogP contribution in [0.4, 0.5) is 11.4 Å². The van der Waals surface area contributed by atoms with E-state index in [1.54, 1.807) is 13.0 Å². The van der Waals surface area contributed by atoms with Crippen molar-refractivity contribution in [3.8, 4) is 0 Å². The highest BCUT2D eigenvalue weighted by atomic mass is 79.9. The molecule has 0 heterocycles. The molecule has 2 aromatic rings. The quantitative estimate of drug-likeness (QED) is 0.625. The Hall–Kier alpha value is -1.59. The number of nitro benzene ring substituents is 1. The molecule has 6 heteroatoms. The predicted molar refractivity (Wildman–Crippen MR) is 84.3 cm³/mol. The monoisotopic (exact) mass is 354 g/mol. The first-order chi connectivity index (χ1) is 9.47. The van der Waals surface area contributed by atoms with Crippen LogP contribution >= 0.6 is 27.5 Å². The van der Waals surface area contributed by atoms with Crippen LogP contribution in [0.25, 0.3) is 0 Å². The van der Waals surface area contributed by atoms with Gasteiger partial charge in [0.2, 0.25) is 0 Å². The van der Waals surface area contributed by atoms with Gasteiger partial charge in [-0.05, 0) is 46.6 Å². The fraction of sp³-hybridized carbons (Fsp3) is 0.143. The minimum absolute atomic E-state index is 0.115. The summed E-state index contributed by atoms with van der Waals surface area (Å²) in [6.07, 6.45) is 0. The summed E-state index contributed by atoms with van der Waals surface area (Å²) < 4.78 is 0.842. The maximum Gasteiger partial charge on any atom is 0.274 e. The van der Waals surface area contributed by atoms with Crippen LogP contribution in [0.2, 0.25) is 5.02 Å². The Kier molecular flexibility index (Phi) is 4.62. The van der Waals surface area contributed by atoms with Crippen molar-refractivity contribution < 1.29 is 4.92 Å². The van der Waals surface area contributed by atoms with Crippen LogP contribution in [-0.2, 0) is 6.54 Å². The summed E-state index contributed by atoms with van der Waals surface area (Å²) in [5.74, 6) is 0. The Morgan fingerprint density at radius 1 is 1.30 bits per heavy atom. The molecule has 2 rings (SSSR count). The molecule has 104 valence electrons. The van der Waals surface area contributed by atoms with E-state index in [9.17, 15) is 10.1 Å². The lowest BCUT2D eigenvalue weighted by molar-refractivity contribution is -0.385. The Balaban J connectivity index is 2.12. The number of nitro groups is 1. The van der Waals surface area contributed by atoms with Gasteiger partial charge in [0.1, 0.15) is 0 Å². The standard InChI is InChI=1S/C14H12BrClN2O2/c1-9-2-4-11(7-14(9)18(19)20)17-8-10-3-5-12(15)13(16)6-10/h2-7,17H,8H2,1H3. The van der Waals surface area contributed by atoms with Crippen molar-refractivity contribution >= 4 is 38.9 Å². The van der Waals surface area contributed by atoms with Gasteiger partial charge in [-0.2, -0.15) is 0 Å². The Morgan fingerprint density at radius 3 is 2.70 bits per heavy atom. The van der Waals surface area contributed by atoms with E-state index in [2.05, 4.69) is 21.2 Å². The van der Waals surface area contributed by atoms with Crippen LogP contribution in [0.3, 0.4) is 0 Å². The van der Waals surface area contributed by atoms with E-state index in [-0.39, 0.29) is 10.6 Å². The first-order valence-electron chi connectivity index (χ1n) is 5.90. The average Bonchev–Trinajstić information content (AvgIpc) is 2.41. The molecule has 20 heavy (non-hydrogen) atoms. The van der Waals surface area contributed by atoms with Gasteiger partial charge in [0.25, 0.3) is 5.69 Å². The zero-order valence-corrected chi connectivity index (χ0v) is 13.0. The van der Waals surface area contributed by atoms with Crippen LogP contribution < -0.4 is 5.32 Å². The normalized spacial score (nSPS) is 10.3. The van der Waals surface area contributed by atoms with Crippen molar-refractivity contribution in [3.63, 3.8) is 0 Å². The van der Waals surface area contributed by atoms with Gasteiger partial charge >= 0.3 is 0 Å². The number of hydrogen-bond donors (Lipinski definition) is 1. The third-order valence-corrected chi connectivity index (χ3v) is 4.12. The molecule has 0 saturated carbocycles. The van der Waals surface area contributed by atoms with Crippen molar-refractivity contribution in [2.75, 3.05) is 5.32 Å². The third-order valence-electron chi connectivity index (χ3n) is 2.89. The molecule has 0 atom stereocenters. The molecule has 0 unspecified atom stereocenters. The van der Waals surface area contributed by atoms with Crippen LogP contribution in [-0.4, -0.2) is 4.92 Å². The number of nitrogens with one attached hydrogen (secondary N) is 1. The van der Waals surface area contributed by atoms with E-state index in [1.807, 2.05) is 24.3 Å². The molecular formula is C14H12BrClN2O2. The summed E-state index contributed by atoms with van der Waals surface area (Å²) in [4.78, 5) is 10.5. The van der Waals surface area contributed by atoms with Crippen molar-refractivity contribution in [1.29, 1.82) is 0 Å². The van der Waals surface area contributed by atoms with Gasteiger partial charge in [0.15, 0.2) is 0 Å². The second-order valence-electron chi connectivity index (χ2n) is 4.36. The van der Waals surface area contributed by atoms with E-state index in [1.165, 1.54) is 6.07 Å². The van der Waals surface area contributed by atoms with Gasteiger partial charge in [0.05, 0.1) is 9.95 Å². The van der Waals surface area contributed by atoms with Crippen LogP contribution in [0.1, 0.15) is 11.1 Å². The Morgan fingerprint density at radius 2 is 2.05 bits per heavy atom. The number of aryl methyl sites for hydroxylation is 1. The zero-order valence-electron chi connectivity index (χ0n) is 10.7. The van der Waals surface area contributed by atoms with Gasteiger partial charge < -0.3 is 5.32 Å². The van der Waals surface area contributed by atoms with Crippen molar-refractivity contribution in [3.05, 3.63) is 67.1 Å². The maximum atomic E-state index is 10.9. The van der Waals surface area contributed by atoms with Gasteiger partial charge in [-0.25, -0.2) is 0 Å². The number of hydrogen-bond acceptors (Lipinski definition) is 3. The van der Waals surface area contributed by atoms with E-state index in [4.69, 9.17) is 11.6 Å². The van der Waals surface area contributed by atoms with Crippen molar-refractivity contribution in [2.24, 2.45) is 0 Å². The summed E-state index contributed by atoms with van der Waals surface area (Å²) in [6.45, 7) is 2.27.